The van der Waals surface area contributed by atoms with E-state index in [2.05, 4.69) is 10.4 Å². The molecule has 0 spiro atoms. The third-order valence-electron chi connectivity index (χ3n) is 4.63. The lowest BCUT2D eigenvalue weighted by molar-refractivity contribution is -0.121. The van der Waals surface area contributed by atoms with E-state index in [0.29, 0.717) is 39.0 Å². The van der Waals surface area contributed by atoms with Gasteiger partial charge in [0.1, 0.15) is 0 Å². The van der Waals surface area contributed by atoms with Gasteiger partial charge in [-0.15, -0.1) is 0 Å². The summed E-state index contributed by atoms with van der Waals surface area (Å²) >= 11 is 0. The van der Waals surface area contributed by atoms with Crippen LogP contribution in [0.5, 0.6) is 0 Å². The Hall–Kier alpha value is -2.19. The molecule has 26 heavy (non-hydrogen) atoms. The van der Waals surface area contributed by atoms with Crippen LogP contribution in [-0.4, -0.2) is 41.2 Å². The molecule has 1 aromatic carbocycles. The molecule has 0 radical (unpaired) electrons. The van der Waals surface area contributed by atoms with Crippen LogP contribution < -0.4 is 5.32 Å². The number of hydrogen-bond acceptors (Lipinski definition) is 4. The van der Waals surface area contributed by atoms with Gasteiger partial charge >= 0.3 is 0 Å². The molecule has 140 valence electrons. The molecule has 1 N–H and O–H groups in total. The third kappa shape index (κ3) is 4.50. The summed E-state index contributed by atoms with van der Waals surface area (Å²) in [4.78, 5) is 12.1. The second-order valence-electron chi connectivity index (χ2n) is 6.65. The molecule has 1 aliphatic rings. The molecule has 0 saturated carbocycles. The number of amides is 1. The summed E-state index contributed by atoms with van der Waals surface area (Å²) in [6.45, 7) is 3.68. The highest BCUT2D eigenvalue weighted by Gasteiger charge is 2.24. The van der Waals surface area contributed by atoms with Crippen molar-refractivity contribution >= 4 is 15.9 Å². The van der Waals surface area contributed by atoms with E-state index < -0.39 is 10.0 Å². The quantitative estimate of drug-likeness (QED) is 0.821. The van der Waals surface area contributed by atoms with Crippen LogP contribution in [-0.2, 0) is 40.9 Å². The highest BCUT2D eigenvalue weighted by atomic mass is 32.2. The summed E-state index contributed by atoms with van der Waals surface area (Å²) in [6, 6.07) is 9.92. The number of benzene rings is 1. The van der Waals surface area contributed by atoms with Gasteiger partial charge in [0.2, 0.25) is 15.9 Å². The Morgan fingerprint density at radius 3 is 2.77 bits per heavy atom. The molecule has 0 aliphatic carbocycles. The number of fused-ring (bicyclic) bond motifs is 1. The molecule has 0 saturated heterocycles. The van der Waals surface area contributed by atoms with Gasteiger partial charge in [-0.2, -0.15) is 9.40 Å². The van der Waals surface area contributed by atoms with Crippen LogP contribution in [0.4, 0.5) is 0 Å². The summed E-state index contributed by atoms with van der Waals surface area (Å²) in [5, 5.41) is 7.34. The molecular weight excluding hydrogens is 352 g/mol. The summed E-state index contributed by atoms with van der Waals surface area (Å²) in [7, 11) is -3.20. The van der Waals surface area contributed by atoms with Crippen LogP contribution in [0.3, 0.4) is 0 Å². The van der Waals surface area contributed by atoms with Crippen LogP contribution in [0.1, 0.15) is 28.9 Å². The maximum absolute atomic E-state index is 12.1. The lowest BCUT2D eigenvalue weighted by atomic mass is 10.0. The van der Waals surface area contributed by atoms with E-state index in [1.807, 2.05) is 41.9 Å². The fourth-order valence-corrected chi connectivity index (χ4v) is 3.87. The Morgan fingerprint density at radius 1 is 1.27 bits per heavy atom. The average Bonchev–Trinajstić information content (AvgIpc) is 3.00. The van der Waals surface area contributed by atoms with Crippen LogP contribution in [0.25, 0.3) is 0 Å². The molecule has 8 heteroatoms. The van der Waals surface area contributed by atoms with E-state index in [1.54, 1.807) is 0 Å². The van der Waals surface area contributed by atoms with Crippen molar-refractivity contribution in [2.24, 2.45) is 0 Å². The van der Waals surface area contributed by atoms with E-state index in [4.69, 9.17) is 0 Å². The summed E-state index contributed by atoms with van der Waals surface area (Å²) in [6.07, 6.45) is 2.36. The topological polar surface area (TPSA) is 84.3 Å². The van der Waals surface area contributed by atoms with Gasteiger partial charge in [-0.1, -0.05) is 24.3 Å². The standard InChI is InChI=1S/C18H24N4O3S/c1-14-5-3-4-6-15(14)7-8-18(23)19-12-16-11-17-13-21(26(2,24)25)9-10-22(17)20-16/h3-6,11H,7-10,12-13H2,1-2H3,(H,19,23). The first-order valence-corrected chi connectivity index (χ1v) is 10.5. The van der Waals surface area contributed by atoms with Gasteiger partial charge in [0.25, 0.3) is 0 Å². The number of aryl methyl sites for hydroxylation is 2. The van der Waals surface area contributed by atoms with Gasteiger partial charge in [-0.3, -0.25) is 9.48 Å². The summed E-state index contributed by atoms with van der Waals surface area (Å²) in [5.41, 5.74) is 3.98. The molecule has 0 atom stereocenters. The van der Waals surface area contributed by atoms with E-state index in [1.165, 1.54) is 21.7 Å². The van der Waals surface area contributed by atoms with Gasteiger partial charge in [-0.05, 0) is 30.5 Å². The first-order chi connectivity index (χ1) is 12.3. The number of nitrogens with one attached hydrogen (secondary N) is 1. The average molecular weight is 376 g/mol. The van der Waals surface area contributed by atoms with E-state index in [-0.39, 0.29) is 5.91 Å². The largest absolute Gasteiger partial charge is 0.350 e. The second kappa shape index (κ2) is 7.59. The molecule has 1 amide bonds. The lowest BCUT2D eigenvalue weighted by Gasteiger charge is -2.25. The van der Waals surface area contributed by atoms with Crippen molar-refractivity contribution < 1.29 is 13.2 Å². The smallest absolute Gasteiger partial charge is 0.220 e. The normalized spacial score (nSPS) is 14.8. The van der Waals surface area contributed by atoms with Crippen LogP contribution in [0.15, 0.2) is 30.3 Å². The maximum atomic E-state index is 12.1. The first-order valence-electron chi connectivity index (χ1n) is 8.65. The van der Waals surface area contributed by atoms with Gasteiger partial charge in [0, 0.05) is 13.0 Å². The highest BCUT2D eigenvalue weighted by Crippen LogP contribution is 2.16. The highest BCUT2D eigenvalue weighted by molar-refractivity contribution is 7.88. The Kier molecular flexibility index (Phi) is 5.43. The SMILES string of the molecule is Cc1ccccc1CCC(=O)NCc1cc2n(n1)CCN(S(C)(=O)=O)C2. The number of hydrogen-bond donors (Lipinski definition) is 1. The van der Waals surface area contributed by atoms with E-state index in [9.17, 15) is 13.2 Å². The fraction of sp³-hybridized carbons (Fsp3) is 0.444. The molecule has 0 bridgehead atoms. The van der Waals surface area contributed by atoms with Crippen molar-refractivity contribution in [3.05, 3.63) is 52.8 Å². The predicted octanol–water partition coefficient (Wildman–Crippen LogP) is 1.22. The van der Waals surface area contributed by atoms with Crippen molar-refractivity contribution in [3.63, 3.8) is 0 Å². The number of nitrogens with zero attached hydrogens (tertiary/aromatic N) is 3. The zero-order valence-corrected chi connectivity index (χ0v) is 15.9. The molecule has 3 rings (SSSR count). The zero-order valence-electron chi connectivity index (χ0n) is 15.1. The van der Waals surface area contributed by atoms with Gasteiger partial charge in [-0.25, -0.2) is 8.42 Å². The molecule has 0 unspecified atom stereocenters. The molecule has 7 nitrogen and oxygen atoms in total. The lowest BCUT2D eigenvalue weighted by Crippen LogP contribution is -2.37. The van der Waals surface area contributed by atoms with E-state index >= 15 is 0 Å². The molecule has 0 fully saturated rings. The number of aromatic nitrogens is 2. The number of carbonyl (C=O) groups excluding carboxylic acids is 1. The number of carbonyl (C=O) groups is 1. The minimum atomic E-state index is -3.20. The molecule has 2 heterocycles. The summed E-state index contributed by atoms with van der Waals surface area (Å²) < 4.78 is 26.6. The van der Waals surface area contributed by atoms with Crippen molar-refractivity contribution in [3.8, 4) is 0 Å². The Balaban J connectivity index is 1.52. The zero-order chi connectivity index (χ0) is 18.7. The van der Waals surface area contributed by atoms with Gasteiger partial charge in [0.15, 0.2) is 0 Å². The minimum absolute atomic E-state index is 0.0167. The van der Waals surface area contributed by atoms with Crippen molar-refractivity contribution in [1.82, 2.24) is 19.4 Å². The van der Waals surface area contributed by atoms with Crippen molar-refractivity contribution in [2.45, 2.75) is 39.4 Å². The van der Waals surface area contributed by atoms with Crippen molar-refractivity contribution in [2.75, 3.05) is 12.8 Å². The maximum Gasteiger partial charge on any atom is 0.220 e. The van der Waals surface area contributed by atoms with Crippen LogP contribution in [0.2, 0.25) is 0 Å². The number of sulfonamides is 1. The molecule has 1 aromatic heterocycles. The molecule has 2 aromatic rings. The van der Waals surface area contributed by atoms with E-state index in [0.717, 1.165) is 11.4 Å². The van der Waals surface area contributed by atoms with Crippen molar-refractivity contribution in [1.29, 1.82) is 0 Å². The second-order valence-corrected chi connectivity index (χ2v) is 8.63. The molecule has 1 aliphatic heterocycles. The van der Waals surface area contributed by atoms with Crippen LogP contribution in [0, 0.1) is 6.92 Å². The minimum Gasteiger partial charge on any atom is -0.350 e. The van der Waals surface area contributed by atoms with Crippen LogP contribution >= 0.6 is 0 Å². The Labute approximate surface area is 154 Å². The van der Waals surface area contributed by atoms with Gasteiger partial charge < -0.3 is 5.32 Å². The number of rotatable bonds is 6. The monoisotopic (exact) mass is 376 g/mol. The van der Waals surface area contributed by atoms with Gasteiger partial charge in [0.05, 0.1) is 37.3 Å². The summed E-state index contributed by atoms with van der Waals surface area (Å²) in [5.74, 6) is -0.0167. The first kappa shape index (κ1) is 18.6. The Bertz CT molecular complexity index is 905. The molecular formula is C18H24N4O3S. The predicted molar refractivity (Wildman–Crippen MR) is 98.8 cm³/mol. The third-order valence-corrected chi connectivity index (χ3v) is 5.88. The fourth-order valence-electron chi connectivity index (χ4n) is 3.09. The Morgan fingerprint density at radius 2 is 2.04 bits per heavy atom.